The number of pyridine rings is 1. The molecule has 0 spiro atoms. The first-order valence-corrected chi connectivity index (χ1v) is 7.04. The van der Waals surface area contributed by atoms with Gasteiger partial charge in [-0.1, -0.05) is 18.5 Å². The number of rotatable bonds is 2. The van der Waals surface area contributed by atoms with Gasteiger partial charge in [-0.15, -0.1) is 0 Å². The first-order valence-electron chi connectivity index (χ1n) is 6.66. The number of aryl methyl sites for hydroxylation is 1. The molecule has 4 nitrogen and oxygen atoms in total. The molecule has 100 valence electrons. The van der Waals surface area contributed by atoms with Crippen LogP contribution in [0.4, 0.5) is 0 Å². The molecule has 1 fully saturated rings. The van der Waals surface area contributed by atoms with Crippen molar-refractivity contribution < 1.29 is 4.79 Å². The van der Waals surface area contributed by atoms with Crippen molar-refractivity contribution in [2.75, 3.05) is 13.1 Å². The standard InChI is InChI=1S/C14H16ClN3O/c1-2-11-13(14(19)17-6-3-4-7-17)18-8-5-10(15)9-12(18)16-11/h5,8-9H,2-4,6-7H2,1H3. The first kappa shape index (κ1) is 12.5. The fraction of sp³-hybridized carbons (Fsp3) is 0.429. The van der Waals surface area contributed by atoms with Gasteiger partial charge in [0.2, 0.25) is 0 Å². The lowest BCUT2D eigenvalue weighted by molar-refractivity contribution is 0.0785. The molecule has 1 saturated heterocycles. The molecule has 1 aliphatic heterocycles. The van der Waals surface area contributed by atoms with Crippen molar-refractivity contribution >= 4 is 23.2 Å². The molecule has 0 bridgehead atoms. The quantitative estimate of drug-likeness (QED) is 0.846. The van der Waals surface area contributed by atoms with Gasteiger partial charge in [0.25, 0.3) is 5.91 Å². The molecule has 5 heteroatoms. The summed E-state index contributed by atoms with van der Waals surface area (Å²) >= 11 is 5.98. The highest BCUT2D eigenvalue weighted by atomic mass is 35.5. The Labute approximate surface area is 117 Å². The van der Waals surface area contributed by atoms with Crippen LogP contribution in [0.15, 0.2) is 18.3 Å². The third-order valence-electron chi connectivity index (χ3n) is 3.59. The second-order valence-electron chi connectivity index (χ2n) is 4.83. The van der Waals surface area contributed by atoms with Crippen LogP contribution in [0.3, 0.4) is 0 Å². The van der Waals surface area contributed by atoms with Gasteiger partial charge in [-0.3, -0.25) is 9.20 Å². The molecule has 19 heavy (non-hydrogen) atoms. The van der Waals surface area contributed by atoms with Gasteiger partial charge in [-0.25, -0.2) is 4.98 Å². The van der Waals surface area contributed by atoms with Gasteiger partial charge in [-0.2, -0.15) is 0 Å². The maximum atomic E-state index is 12.6. The van der Waals surface area contributed by atoms with E-state index in [0.717, 1.165) is 43.7 Å². The van der Waals surface area contributed by atoms with Gasteiger partial charge >= 0.3 is 0 Å². The van der Waals surface area contributed by atoms with Crippen LogP contribution in [0.5, 0.6) is 0 Å². The van der Waals surface area contributed by atoms with E-state index in [1.165, 1.54) is 0 Å². The third kappa shape index (κ3) is 2.10. The minimum Gasteiger partial charge on any atom is -0.337 e. The predicted molar refractivity (Wildman–Crippen MR) is 74.7 cm³/mol. The van der Waals surface area contributed by atoms with Crippen LogP contribution in [0.2, 0.25) is 5.02 Å². The van der Waals surface area contributed by atoms with Crippen molar-refractivity contribution in [3.8, 4) is 0 Å². The van der Waals surface area contributed by atoms with Gasteiger partial charge in [0, 0.05) is 30.4 Å². The van der Waals surface area contributed by atoms with E-state index < -0.39 is 0 Å². The number of amides is 1. The summed E-state index contributed by atoms with van der Waals surface area (Å²) in [5, 5.41) is 0.639. The fourth-order valence-corrected chi connectivity index (χ4v) is 2.77. The number of carbonyl (C=O) groups is 1. The van der Waals surface area contributed by atoms with Crippen molar-refractivity contribution in [1.82, 2.24) is 14.3 Å². The number of carbonyl (C=O) groups excluding carboxylic acids is 1. The summed E-state index contributed by atoms with van der Waals surface area (Å²) in [6, 6.07) is 3.58. The molecule has 1 aliphatic rings. The smallest absolute Gasteiger partial charge is 0.272 e. The highest BCUT2D eigenvalue weighted by Crippen LogP contribution is 2.20. The topological polar surface area (TPSA) is 37.6 Å². The summed E-state index contributed by atoms with van der Waals surface area (Å²) < 4.78 is 1.85. The second kappa shape index (κ2) is 4.85. The summed E-state index contributed by atoms with van der Waals surface area (Å²) in [5.74, 6) is 0.0872. The lowest BCUT2D eigenvalue weighted by Gasteiger charge is -2.15. The van der Waals surface area contributed by atoms with E-state index in [2.05, 4.69) is 4.98 Å². The lowest BCUT2D eigenvalue weighted by Crippen LogP contribution is -2.29. The highest BCUT2D eigenvalue weighted by Gasteiger charge is 2.25. The van der Waals surface area contributed by atoms with E-state index in [-0.39, 0.29) is 5.91 Å². The fourth-order valence-electron chi connectivity index (χ4n) is 2.61. The molecule has 0 aromatic carbocycles. The van der Waals surface area contributed by atoms with Crippen LogP contribution in [0.25, 0.3) is 5.65 Å². The van der Waals surface area contributed by atoms with E-state index in [1.54, 1.807) is 12.1 Å². The molecule has 2 aromatic heterocycles. The predicted octanol–water partition coefficient (Wildman–Crippen LogP) is 2.79. The first-order chi connectivity index (χ1) is 9.20. The minimum atomic E-state index is 0.0872. The average molecular weight is 278 g/mol. The summed E-state index contributed by atoms with van der Waals surface area (Å²) in [5.41, 5.74) is 2.28. The molecule has 0 saturated carbocycles. The number of hydrogen-bond donors (Lipinski definition) is 0. The summed E-state index contributed by atoms with van der Waals surface area (Å²) in [6.45, 7) is 3.72. The van der Waals surface area contributed by atoms with Gasteiger partial charge in [-0.05, 0) is 25.3 Å². The Morgan fingerprint density at radius 2 is 2.16 bits per heavy atom. The van der Waals surface area contributed by atoms with E-state index in [4.69, 9.17) is 11.6 Å². The summed E-state index contributed by atoms with van der Waals surface area (Å²) in [6.07, 6.45) is 4.76. The van der Waals surface area contributed by atoms with E-state index in [0.29, 0.717) is 10.7 Å². The van der Waals surface area contributed by atoms with Crippen LogP contribution >= 0.6 is 11.6 Å². The summed E-state index contributed by atoms with van der Waals surface area (Å²) in [4.78, 5) is 19.0. The molecular formula is C14H16ClN3O. The molecule has 2 aromatic rings. The lowest BCUT2D eigenvalue weighted by atomic mass is 10.2. The van der Waals surface area contributed by atoms with Crippen LogP contribution in [0.1, 0.15) is 35.9 Å². The van der Waals surface area contributed by atoms with Crippen molar-refractivity contribution in [2.24, 2.45) is 0 Å². The molecule has 0 unspecified atom stereocenters. The number of halogens is 1. The van der Waals surface area contributed by atoms with E-state index >= 15 is 0 Å². The Balaban J connectivity index is 2.12. The minimum absolute atomic E-state index is 0.0872. The molecule has 0 aliphatic carbocycles. The summed E-state index contributed by atoms with van der Waals surface area (Å²) in [7, 11) is 0. The highest BCUT2D eigenvalue weighted by molar-refractivity contribution is 6.30. The molecule has 3 heterocycles. The zero-order chi connectivity index (χ0) is 13.4. The van der Waals surface area contributed by atoms with Crippen molar-refractivity contribution in [2.45, 2.75) is 26.2 Å². The van der Waals surface area contributed by atoms with E-state index in [1.807, 2.05) is 22.4 Å². The maximum Gasteiger partial charge on any atom is 0.272 e. The Hall–Kier alpha value is -1.55. The Bertz CT molecular complexity index is 629. The van der Waals surface area contributed by atoms with Crippen LogP contribution in [-0.4, -0.2) is 33.3 Å². The Morgan fingerprint density at radius 3 is 2.84 bits per heavy atom. The molecule has 1 amide bonds. The monoisotopic (exact) mass is 277 g/mol. The van der Waals surface area contributed by atoms with Crippen molar-refractivity contribution in [3.63, 3.8) is 0 Å². The van der Waals surface area contributed by atoms with Gasteiger partial charge < -0.3 is 4.90 Å². The molecular weight excluding hydrogens is 262 g/mol. The largest absolute Gasteiger partial charge is 0.337 e. The SMILES string of the molecule is CCc1nc2cc(Cl)ccn2c1C(=O)N1CCCC1. The van der Waals surface area contributed by atoms with Crippen LogP contribution in [-0.2, 0) is 6.42 Å². The van der Waals surface area contributed by atoms with Gasteiger partial charge in [0.1, 0.15) is 11.3 Å². The Morgan fingerprint density at radius 1 is 1.42 bits per heavy atom. The third-order valence-corrected chi connectivity index (χ3v) is 3.83. The molecule has 0 radical (unpaired) electrons. The van der Waals surface area contributed by atoms with Gasteiger partial charge in [0.05, 0.1) is 5.69 Å². The zero-order valence-corrected chi connectivity index (χ0v) is 11.7. The van der Waals surface area contributed by atoms with Crippen LogP contribution in [0, 0.1) is 0 Å². The number of hydrogen-bond acceptors (Lipinski definition) is 2. The number of nitrogens with zero attached hydrogens (tertiary/aromatic N) is 3. The Kier molecular flexibility index (Phi) is 3.19. The average Bonchev–Trinajstić information content (AvgIpc) is 3.04. The normalized spacial score (nSPS) is 15.4. The molecule has 3 rings (SSSR count). The van der Waals surface area contributed by atoms with Crippen LogP contribution < -0.4 is 0 Å². The number of likely N-dealkylation sites (tertiary alicyclic amines) is 1. The number of aromatic nitrogens is 2. The van der Waals surface area contributed by atoms with Crippen molar-refractivity contribution in [1.29, 1.82) is 0 Å². The zero-order valence-electron chi connectivity index (χ0n) is 10.9. The second-order valence-corrected chi connectivity index (χ2v) is 5.27. The number of imidazole rings is 1. The number of fused-ring (bicyclic) bond motifs is 1. The van der Waals surface area contributed by atoms with Crippen molar-refractivity contribution in [3.05, 3.63) is 34.7 Å². The maximum absolute atomic E-state index is 12.6. The van der Waals surface area contributed by atoms with E-state index in [9.17, 15) is 4.79 Å². The molecule has 0 N–H and O–H groups in total. The molecule has 0 atom stereocenters. The van der Waals surface area contributed by atoms with Gasteiger partial charge in [0.15, 0.2) is 0 Å².